The monoisotopic (exact) mass is 278 g/mol. The molecule has 1 aromatic rings. The molecule has 3 nitrogen and oxygen atoms in total. The van der Waals surface area contributed by atoms with Crippen LogP contribution in [0.3, 0.4) is 0 Å². The van der Waals surface area contributed by atoms with Crippen LogP contribution in [0.4, 0.5) is 5.69 Å². The van der Waals surface area contributed by atoms with Crippen molar-refractivity contribution in [2.24, 2.45) is 5.73 Å². The minimum absolute atomic E-state index is 0.0337. The standard InChI is InChI=1S/C17H30N2O/c1-6-7-8-12-19(13(2)3)15-10-9-11-16(20-5)17(15)14(4)18/h9-11,13-14H,6-8,12,18H2,1-5H3/t14-/m1/s1. The minimum atomic E-state index is -0.0337. The fraction of sp³-hybridized carbons (Fsp3) is 0.647. The van der Waals surface area contributed by atoms with E-state index in [-0.39, 0.29) is 6.04 Å². The second-order valence-electron chi connectivity index (χ2n) is 5.68. The summed E-state index contributed by atoms with van der Waals surface area (Å²) in [7, 11) is 1.71. The number of hydrogen-bond donors (Lipinski definition) is 1. The van der Waals surface area contributed by atoms with Gasteiger partial charge in [0.05, 0.1) is 7.11 Å². The molecule has 0 spiro atoms. The van der Waals surface area contributed by atoms with E-state index >= 15 is 0 Å². The molecule has 1 atom stereocenters. The highest BCUT2D eigenvalue weighted by molar-refractivity contribution is 5.61. The summed E-state index contributed by atoms with van der Waals surface area (Å²) < 4.78 is 5.50. The van der Waals surface area contributed by atoms with Crippen LogP contribution in [-0.2, 0) is 0 Å². The van der Waals surface area contributed by atoms with E-state index in [2.05, 4.69) is 37.8 Å². The molecule has 0 aliphatic heterocycles. The first-order chi connectivity index (χ1) is 9.52. The lowest BCUT2D eigenvalue weighted by atomic mass is 10.0. The van der Waals surface area contributed by atoms with Crippen LogP contribution in [0, 0.1) is 0 Å². The molecule has 2 N–H and O–H groups in total. The Labute approximate surface area is 124 Å². The topological polar surface area (TPSA) is 38.5 Å². The summed E-state index contributed by atoms with van der Waals surface area (Å²) in [6.45, 7) is 9.79. The van der Waals surface area contributed by atoms with Crippen LogP contribution >= 0.6 is 0 Å². The zero-order chi connectivity index (χ0) is 15.1. The molecule has 0 saturated heterocycles. The lowest BCUT2D eigenvalue weighted by molar-refractivity contribution is 0.406. The molecule has 0 unspecified atom stereocenters. The number of nitrogens with zero attached hydrogens (tertiary/aromatic N) is 1. The molecule has 0 fully saturated rings. The SMILES string of the molecule is CCCCCN(c1cccc(OC)c1[C@@H](C)N)C(C)C. The average molecular weight is 278 g/mol. The van der Waals surface area contributed by atoms with Gasteiger partial charge in [0.1, 0.15) is 5.75 Å². The maximum absolute atomic E-state index is 6.18. The molecule has 20 heavy (non-hydrogen) atoms. The summed E-state index contributed by atoms with van der Waals surface area (Å²) in [5.41, 5.74) is 8.50. The third-order valence-electron chi connectivity index (χ3n) is 3.65. The van der Waals surface area contributed by atoms with Crippen molar-refractivity contribution in [3.8, 4) is 5.75 Å². The van der Waals surface area contributed by atoms with Crippen molar-refractivity contribution in [1.82, 2.24) is 0 Å². The predicted molar refractivity (Wildman–Crippen MR) is 87.6 cm³/mol. The Bertz CT molecular complexity index is 402. The fourth-order valence-electron chi connectivity index (χ4n) is 2.61. The largest absolute Gasteiger partial charge is 0.496 e. The van der Waals surface area contributed by atoms with Gasteiger partial charge in [-0.25, -0.2) is 0 Å². The molecule has 3 heteroatoms. The van der Waals surface area contributed by atoms with Gasteiger partial charge in [0.15, 0.2) is 0 Å². The molecule has 0 aliphatic carbocycles. The zero-order valence-corrected chi connectivity index (χ0v) is 13.6. The van der Waals surface area contributed by atoms with Gasteiger partial charge in [-0.3, -0.25) is 0 Å². The summed E-state index contributed by atoms with van der Waals surface area (Å²) in [6.07, 6.45) is 3.72. The van der Waals surface area contributed by atoms with Crippen LogP contribution in [0.1, 0.15) is 58.6 Å². The lowest BCUT2D eigenvalue weighted by Gasteiger charge is -2.32. The zero-order valence-electron chi connectivity index (χ0n) is 13.6. The van der Waals surface area contributed by atoms with E-state index in [0.717, 1.165) is 17.9 Å². The van der Waals surface area contributed by atoms with Gasteiger partial charge >= 0.3 is 0 Å². The second-order valence-corrected chi connectivity index (χ2v) is 5.68. The third kappa shape index (κ3) is 4.14. The van der Waals surface area contributed by atoms with E-state index in [9.17, 15) is 0 Å². The molecule has 0 aliphatic rings. The Hall–Kier alpha value is -1.22. The van der Waals surface area contributed by atoms with Crippen LogP contribution in [0.15, 0.2) is 18.2 Å². The molecule has 0 amide bonds. The number of ether oxygens (including phenoxy) is 1. The normalized spacial score (nSPS) is 12.6. The molecule has 1 rings (SSSR count). The molecule has 0 radical (unpaired) electrons. The summed E-state index contributed by atoms with van der Waals surface area (Å²) in [6, 6.07) is 6.62. The van der Waals surface area contributed by atoms with Gasteiger partial charge in [0.25, 0.3) is 0 Å². The van der Waals surface area contributed by atoms with Crippen molar-refractivity contribution >= 4 is 5.69 Å². The van der Waals surface area contributed by atoms with Crippen LogP contribution in [0.2, 0.25) is 0 Å². The molecular weight excluding hydrogens is 248 g/mol. The highest BCUT2D eigenvalue weighted by Gasteiger charge is 2.19. The molecule has 0 heterocycles. The van der Waals surface area contributed by atoms with Gasteiger partial charge in [-0.05, 0) is 39.3 Å². The molecule has 114 valence electrons. The van der Waals surface area contributed by atoms with Gasteiger partial charge in [-0.1, -0.05) is 25.8 Å². The van der Waals surface area contributed by atoms with Crippen molar-refractivity contribution in [1.29, 1.82) is 0 Å². The Morgan fingerprint density at radius 2 is 1.90 bits per heavy atom. The van der Waals surface area contributed by atoms with Gasteiger partial charge in [-0.15, -0.1) is 0 Å². The van der Waals surface area contributed by atoms with Crippen molar-refractivity contribution in [3.05, 3.63) is 23.8 Å². The highest BCUT2D eigenvalue weighted by Crippen LogP contribution is 2.34. The van der Waals surface area contributed by atoms with Gasteiger partial charge in [-0.2, -0.15) is 0 Å². The smallest absolute Gasteiger partial charge is 0.125 e. The first kappa shape index (κ1) is 16.8. The van der Waals surface area contributed by atoms with Crippen LogP contribution in [-0.4, -0.2) is 19.7 Å². The third-order valence-corrected chi connectivity index (χ3v) is 3.65. The number of hydrogen-bond acceptors (Lipinski definition) is 3. The van der Waals surface area contributed by atoms with Crippen molar-refractivity contribution < 1.29 is 4.74 Å². The molecule has 0 aromatic heterocycles. The van der Waals surface area contributed by atoms with Gasteiger partial charge in [0.2, 0.25) is 0 Å². The van der Waals surface area contributed by atoms with Crippen LogP contribution < -0.4 is 15.4 Å². The number of methoxy groups -OCH3 is 1. The van der Waals surface area contributed by atoms with E-state index in [0.29, 0.717) is 6.04 Å². The number of benzene rings is 1. The Morgan fingerprint density at radius 1 is 1.20 bits per heavy atom. The fourth-order valence-corrected chi connectivity index (χ4v) is 2.61. The quantitative estimate of drug-likeness (QED) is 0.727. The Morgan fingerprint density at radius 3 is 2.40 bits per heavy atom. The van der Waals surface area contributed by atoms with E-state index < -0.39 is 0 Å². The van der Waals surface area contributed by atoms with Crippen LogP contribution in [0.25, 0.3) is 0 Å². The Kier molecular flexibility index (Phi) is 6.86. The number of anilines is 1. The number of nitrogens with two attached hydrogens (primary N) is 1. The summed E-state index contributed by atoms with van der Waals surface area (Å²) in [4.78, 5) is 2.44. The van der Waals surface area contributed by atoms with Crippen molar-refractivity contribution in [2.75, 3.05) is 18.6 Å². The summed E-state index contributed by atoms with van der Waals surface area (Å²) in [5, 5.41) is 0. The average Bonchev–Trinajstić information content (AvgIpc) is 2.42. The van der Waals surface area contributed by atoms with E-state index in [1.54, 1.807) is 7.11 Å². The summed E-state index contributed by atoms with van der Waals surface area (Å²) >= 11 is 0. The highest BCUT2D eigenvalue weighted by atomic mass is 16.5. The van der Waals surface area contributed by atoms with Gasteiger partial charge in [0, 0.05) is 29.9 Å². The molecular formula is C17H30N2O. The van der Waals surface area contributed by atoms with Gasteiger partial charge < -0.3 is 15.4 Å². The number of rotatable bonds is 8. The van der Waals surface area contributed by atoms with E-state index in [1.807, 2.05) is 13.0 Å². The maximum atomic E-state index is 6.18. The maximum Gasteiger partial charge on any atom is 0.125 e. The molecule has 0 bridgehead atoms. The molecule has 0 saturated carbocycles. The predicted octanol–water partition coefficient (Wildman–Crippen LogP) is 4.12. The number of unbranched alkanes of at least 4 members (excludes halogenated alkanes) is 2. The van der Waals surface area contributed by atoms with Crippen LogP contribution in [0.5, 0.6) is 5.75 Å². The lowest BCUT2D eigenvalue weighted by Crippen LogP contribution is -2.33. The summed E-state index contributed by atoms with van der Waals surface area (Å²) in [5.74, 6) is 0.888. The van der Waals surface area contributed by atoms with Crippen molar-refractivity contribution in [3.63, 3.8) is 0 Å². The van der Waals surface area contributed by atoms with Crippen molar-refractivity contribution in [2.45, 2.75) is 59.0 Å². The molecule has 1 aromatic carbocycles. The minimum Gasteiger partial charge on any atom is -0.496 e. The Balaban J connectivity index is 3.12. The first-order valence-electron chi connectivity index (χ1n) is 7.72. The van der Waals surface area contributed by atoms with E-state index in [1.165, 1.54) is 24.9 Å². The second kappa shape index (κ2) is 8.15. The first-order valence-corrected chi connectivity index (χ1v) is 7.72. The van der Waals surface area contributed by atoms with E-state index in [4.69, 9.17) is 10.5 Å².